The Morgan fingerprint density at radius 1 is 1.16 bits per heavy atom. The first kappa shape index (κ1) is 17.2. The molecule has 6 nitrogen and oxygen atoms in total. The van der Waals surface area contributed by atoms with Gasteiger partial charge in [-0.2, -0.15) is 0 Å². The summed E-state index contributed by atoms with van der Waals surface area (Å²) in [4.78, 5) is 4.20. The van der Waals surface area contributed by atoms with E-state index < -0.39 is 0 Å². The molecule has 0 aliphatic heterocycles. The molecule has 0 atom stereocenters. The molecule has 0 saturated heterocycles. The number of aromatic nitrogens is 3. The molecule has 8 heteroatoms. The van der Waals surface area contributed by atoms with Crippen LogP contribution in [0.3, 0.4) is 0 Å². The summed E-state index contributed by atoms with van der Waals surface area (Å²) in [5.41, 5.74) is 1.81. The lowest BCUT2D eigenvalue weighted by molar-refractivity contribution is 0.415. The average molecular weight is 374 g/mol. The molecule has 0 spiro atoms. The smallest absolute Gasteiger partial charge is 0.248 e. The fourth-order valence-electron chi connectivity index (χ4n) is 2.17. The number of hydrogen-bond donors (Lipinski definition) is 2. The number of methoxy groups -OCH3 is 1. The SMILES string of the molecule is COc1ccc(NC(=S)Nc2ncn(Cc3ccccc3Cl)n2)cc1. The van der Waals surface area contributed by atoms with Crippen LogP contribution in [0.4, 0.5) is 11.6 Å². The van der Waals surface area contributed by atoms with E-state index in [-0.39, 0.29) is 0 Å². The van der Waals surface area contributed by atoms with Crippen molar-refractivity contribution in [3.05, 3.63) is 65.4 Å². The zero-order valence-electron chi connectivity index (χ0n) is 13.4. The Bertz CT molecular complexity index is 865. The van der Waals surface area contributed by atoms with Gasteiger partial charge in [0.15, 0.2) is 5.11 Å². The normalized spacial score (nSPS) is 10.3. The monoisotopic (exact) mass is 373 g/mol. The van der Waals surface area contributed by atoms with Gasteiger partial charge in [-0.25, -0.2) is 9.67 Å². The quantitative estimate of drug-likeness (QED) is 0.663. The third-order valence-corrected chi connectivity index (χ3v) is 3.97. The Labute approximate surface area is 155 Å². The van der Waals surface area contributed by atoms with Crippen molar-refractivity contribution in [1.82, 2.24) is 14.8 Å². The van der Waals surface area contributed by atoms with Gasteiger partial charge in [-0.05, 0) is 48.1 Å². The van der Waals surface area contributed by atoms with Crippen LogP contribution >= 0.6 is 23.8 Å². The number of nitrogens with zero attached hydrogens (tertiary/aromatic N) is 3. The van der Waals surface area contributed by atoms with Crippen LogP contribution in [0.5, 0.6) is 5.75 Å². The molecule has 2 aromatic carbocycles. The first-order chi connectivity index (χ1) is 12.1. The van der Waals surface area contributed by atoms with Crippen LogP contribution < -0.4 is 15.4 Å². The van der Waals surface area contributed by atoms with Gasteiger partial charge >= 0.3 is 0 Å². The van der Waals surface area contributed by atoms with Crippen molar-refractivity contribution < 1.29 is 4.74 Å². The van der Waals surface area contributed by atoms with Gasteiger partial charge in [0.1, 0.15) is 12.1 Å². The number of rotatable bonds is 5. The van der Waals surface area contributed by atoms with Gasteiger partial charge in [0.05, 0.1) is 13.7 Å². The molecular formula is C17H16ClN5OS. The topological polar surface area (TPSA) is 64.0 Å². The second kappa shape index (κ2) is 7.96. The highest BCUT2D eigenvalue weighted by molar-refractivity contribution is 7.80. The zero-order chi connectivity index (χ0) is 17.6. The van der Waals surface area contributed by atoms with Gasteiger partial charge in [-0.15, -0.1) is 5.10 Å². The third-order valence-electron chi connectivity index (χ3n) is 3.40. The van der Waals surface area contributed by atoms with Gasteiger partial charge < -0.3 is 10.1 Å². The number of nitrogens with one attached hydrogen (secondary N) is 2. The summed E-state index contributed by atoms with van der Waals surface area (Å²) in [5.74, 6) is 1.20. The van der Waals surface area contributed by atoms with Crippen molar-refractivity contribution in [2.24, 2.45) is 0 Å². The van der Waals surface area contributed by atoms with Gasteiger partial charge in [0, 0.05) is 10.7 Å². The summed E-state index contributed by atoms with van der Waals surface area (Å²) in [5, 5.41) is 11.5. The van der Waals surface area contributed by atoms with Crippen molar-refractivity contribution in [2.75, 3.05) is 17.7 Å². The molecule has 25 heavy (non-hydrogen) atoms. The standard InChI is InChI=1S/C17H16ClN5OS/c1-24-14-8-6-13(7-9-14)20-17(25)21-16-19-11-23(22-16)10-12-4-2-3-5-15(12)18/h2-9,11H,10H2,1H3,(H2,20,21,22,25). The molecule has 2 N–H and O–H groups in total. The Morgan fingerprint density at radius 3 is 2.64 bits per heavy atom. The van der Waals surface area contributed by atoms with E-state index in [0.717, 1.165) is 17.0 Å². The number of ether oxygens (including phenoxy) is 1. The summed E-state index contributed by atoms with van der Waals surface area (Å²) in [6.45, 7) is 0.535. The summed E-state index contributed by atoms with van der Waals surface area (Å²) >= 11 is 11.4. The molecule has 0 unspecified atom stereocenters. The zero-order valence-corrected chi connectivity index (χ0v) is 15.0. The predicted octanol–water partition coefficient (Wildman–Crippen LogP) is 3.80. The van der Waals surface area contributed by atoms with E-state index in [9.17, 15) is 0 Å². The van der Waals surface area contributed by atoms with E-state index in [1.165, 1.54) is 0 Å². The Hall–Kier alpha value is -2.64. The minimum absolute atomic E-state index is 0.403. The van der Waals surface area contributed by atoms with Crippen LogP contribution in [-0.4, -0.2) is 27.0 Å². The molecule has 0 amide bonds. The van der Waals surface area contributed by atoms with E-state index >= 15 is 0 Å². The average Bonchev–Trinajstić information content (AvgIpc) is 3.04. The number of benzene rings is 2. The molecule has 3 aromatic rings. The molecular weight excluding hydrogens is 358 g/mol. The molecule has 128 valence electrons. The minimum Gasteiger partial charge on any atom is -0.497 e. The first-order valence-corrected chi connectivity index (χ1v) is 8.27. The predicted molar refractivity (Wildman–Crippen MR) is 103 cm³/mol. The van der Waals surface area contributed by atoms with Crippen LogP contribution in [-0.2, 0) is 6.54 Å². The van der Waals surface area contributed by atoms with Gasteiger partial charge in [0.2, 0.25) is 5.95 Å². The van der Waals surface area contributed by atoms with Crippen LogP contribution in [0.15, 0.2) is 54.9 Å². The maximum Gasteiger partial charge on any atom is 0.248 e. The fourth-order valence-corrected chi connectivity index (χ4v) is 2.57. The minimum atomic E-state index is 0.403. The highest BCUT2D eigenvalue weighted by atomic mass is 35.5. The fraction of sp³-hybridized carbons (Fsp3) is 0.118. The van der Waals surface area contributed by atoms with Crippen LogP contribution in [0.2, 0.25) is 5.02 Å². The number of hydrogen-bond acceptors (Lipinski definition) is 4. The van der Waals surface area contributed by atoms with E-state index in [4.69, 9.17) is 28.6 Å². The lowest BCUT2D eigenvalue weighted by Gasteiger charge is -2.08. The van der Waals surface area contributed by atoms with Crippen LogP contribution in [0.25, 0.3) is 0 Å². The second-order valence-corrected chi connectivity index (χ2v) is 5.98. The van der Waals surface area contributed by atoms with Crippen molar-refractivity contribution in [3.63, 3.8) is 0 Å². The number of halogens is 1. The van der Waals surface area contributed by atoms with Crippen molar-refractivity contribution in [2.45, 2.75) is 6.54 Å². The third kappa shape index (κ3) is 4.68. The summed E-state index contributed by atoms with van der Waals surface area (Å²) in [6, 6.07) is 15.1. The number of anilines is 2. The van der Waals surface area contributed by atoms with E-state index in [1.807, 2.05) is 48.5 Å². The van der Waals surface area contributed by atoms with E-state index in [1.54, 1.807) is 18.1 Å². The molecule has 0 aliphatic carbocycles. The van der Waals surface area contributed by atoms with Gasteiger partial charge in [-0.3, -0.25) is 5.32 Å². The van der Waals surface area contributed by atoms with Gasteiger partial charge in [0.25, 0.3) is 0 Å². The lowest BCUT2D eigenvalue weighted by atomic mass is 10.2. The molecule has 1 heterocycles. The summed E-state index contributed by atoms with van der Waals surface area (Å²) < 4.78 is 6.82. The van der Waals surface area contributed by atoms with Crippen molar-refractivity contribution in [1.29, 1.82) is 0 Å². The molecule has 0 saturated carbocycles. The molecule has 0 aliphatic rings. The largest absolute Gasteiger partial charge is 0.497 e. The lowest BCUT2D eigenvalue weighted by Crippen LogP contribution is -2.20. The molecule has 0 bridgehead atoms. The summed E-state index contributed by atoms with van der Waals surface area (Å²) in [7, 11) is 1.62. The van der Waals surface area contributed by atoms with Crippen LogP contribution in [0.1, 0.15) is 5.56 Å². The van der Waals surface area contributed by atoms with Crippen molar-refractivity contribution >= 4 is 40.6 Å². The Balaban J connectivity index is 1.58. The molecule has 3 rings (SSSR count). The Kier molecular flexibility index (Phi) is 5.47. The van der Waals surface area contributed by atoms with Crippen molar-refractivity contribution in [3.8, 4) is 5.75 Å². The Morgan fingerprint density at radius 2 is 1.92 bits per heavy atom. The van der Waals surface area contributed by atoms with E-state index in [0.29, 0.717) is 22.6 Å². The maximum absolute atomic E-state index is 6.16. The van der Waals surface area contributed by atoms with Crippen LogP contribution in [0, 0.1) is 0 Å². The number of thiocarbonyl (C=S) groups is 1. The summed E-state index contributed by atoms with van der Waals surface area (Å²) in [6.07, 6.45) is 1.63. The van der Waals surface area contributed by atoms with Gasteiger partial charge in [-0.1, -0.05) is 29.8 Å². The molecule has 0 fully saturated rings. The molecule has 1 aromatic heterocycles. The second-order valence-electron chi connectivity index (χ2n) is 5.16. The first-order valence-electron chi connectivity index (χ1n) is 7.49. The molecule has 0 radical (unpaired) electrons. The highest BCUT2D eigenvalue weighted by Gasteiger charge is 2.06. The maximum atomic E-state index is 6.16. The van der Waals surface area contributed by atoms with E-state index in [2.05, 4.69) is 20.7 Å². The highest BCUT2D eigenvalue weighted by Crippen LogP contribution is 2.17.